The van der Waals surface area contributed by atoms with Gasteiger partial charge >= 0.3 is 0 Å². The summed E-state index contributed by atoms with van der Waals surface area (Å²) < 4.78 is 0. The minimum Gasteiger partial charge on any atom is -0.335 e. The van der Waals surface area contributed by atoms with Crippen LogP contribution in [0.4, 0.5) is 0 Å². The minimum absolute atomic E-state index is 0.423. The first-order valence-electron chi connectivity index (χ1n) is 7.71. The van der Waals surface area contributed by atoms with Crippen LogP contribution in [-0.2, 0) is 6.54 Å². The van der Waals surface area contributed by atoms with Crippen molar-refractivity contribution in [1.29, 1.82) is 0 Å². The molecular formula is C20H21N2+. The van der Waals surface area contributed by atoms with Crippen LogP contribution in [0.2, 0.25) is 0 Å². The zero-order valence-electron chi connectivity index (χ0n) is 12.8. The van der Waals surface area contributed by atoms with E-state index in [1.807, 2.05) is 24.4 Å². The largest absolute Gasteiger partial charge is 0.335 e. The van der Waals surface area contributed by atoms with E-state index in [0.29, 0.717) is 6.04 Å². The first-order valence-corrected chi connectivity index (χ1v) is 7.71. The molecule has 1 aromatic heterocycles. The molecule has 0 unspecified atom stereocenters. The molecule has 0 spiro atoms. The first kappa shape index (κ1) is 14.5. The van der Waals surface area contributed by atoms with E-state index in [1.54, 1.807) is 0 Å². The molecule has 2 heteroatoms. The van der Waals surface area contributed by atoms with E-state index in [2.05, 4.69) is 71.8 Å². The molecule has 0 saturated heterocycles. The van der Waals surface area contributed by atoms with Crippen LogP contribution in [-0.4, -0.2) is 4.98 Å². The van der Waals surface area contributed by atoms with Crippen molar-refractivity contribution >= 4 is 0 Å². The summed E-state index contributed by atoms with van der Waals surface area (Å²) in [5.41, 5.74) is 4.99. The van der Waals surface area contributed by atoms with Gasteiger partial charge in [0.1, 0.15) is 12.6 Å². The Balaban J connectivity index is 1.65. The second-order valence-electron chi connectivity index (χ2n) is 5.54. The first-order chi connectivity index (χ1) is 10.8. The van der Waals surface area contributed by atoms with Gasteiger partial charge < -0.3 is 5.32 Å². The van der Waals surface area contributed by atoms with Crippen LogP contribution in [0.1, 0.15) is 24.2 Å². The molecule has 0 radical (unpaired) electrons. The second kappa shape index (κ2) is 7.01. The summed E-state index contributed by atoms with van der Waals surface area (Å²) in [6, 6.07) is 25.8. The van der Waals surface area contributed by atoms with Crippen molar-refractivity contribution in [3.05, 3.63) is 90.3 Å². The molecule has 0 aliphatic carbocycles. The van der Waals surface area contributed by atoms with Gasteiger partial charge in [-0.05, 0) is 30.2 Å². The van der Waals surface area contributed by atoms with Crippen LogP contribution in [0.3, 0.4) is 0 Å². The number of hydrogen-bond acceptors (Lipinski definition) is 1. The summed E-state index contributed by atoms with van der Waals surface area (Å²) in [6.07, 6.45) is 1.85. The number of nitrogens with two attached hydrogens (primary N) is 1. The van der Waals surface area contributed by atoms with Gasteiger partial charge in [-0.3, -0.25) is 4.98 Å². The lowest BCUT2D eigenvalue weighted by atomic mass is 10.0. The minimum atomic E-state index is 0.423. The summed E-state index contributed by atoms with van der Waals surface area (Å²) in [5, 5.41) is 2.32. The Kier molecular flexibility index (Phi) is 4.62. The van der Waals surface area contributed by atoms with Gasteiger partial charge in [-0.25, -0.2) is 0 Å². The number of quaternary nitrogens is 1. The molecule has 0 amide bonds. The van der Waals surface area contributed by atoms with Crippen LogP contribution in [0.5, 0.6) is 0 Å². The molecule has 2 nitrogen and oxygen atoms in total. The van der Waals surface area contributed by atoms with Crippen molar-refractivity contribution in [2.24, 2.45) is 0 Å². The predicted octanol–water partition coefficient (Wildman–Crippen LogP) is 3.57. The van der Waals surface area contributed by atoms with Gasteiger partial charge in [0.05, 0.1) is 5.69 Å². The number of pyridine rings is 1. The molecule has 0 saturated carbocycles. The van der Waals surface area contributed by atoms with E-state index in [1.165, 1.54) is 16.7 Å². The number of rotatable bonds is 5. The summed E-state index contributed by atoms with van der Waals surface area (Å²) in [7, 11) is 0. The summed E-state index contributed by atoms with van der Waals surface area (Å²) >= 11 is 0. The van der Waals surface area contributed by atoms with Crippen molar-refractivity contribution < 1.29 is 5.32 Å². The highest BCUT2D eigenvalue weighted by atomic mass is 14.9. The fraction of sp³-hybridized carbons (Fsp3) is 0.150. The topological polar surface area (TPSA) is 29.5 Å². The third-order valence-electron chi connectivity index (χ3n) is 3.95. The SMILES string of the molecule is C[C@@H]([NH2+]Cc1ccccn1)c1ccc(-c2ccccc2)cc1. The van der Waals surface area contributed by atoms with Gasteiger partial charge in [0.15, 0.2) is 0 Å². The van der Waals surface area contributed by atoms with Crippen LogP contribution in [0, 0.1) is 0 Å². The molecule has 3 rings (SSSR count). The normalized spacial score (nSPS) is 12.0. The third kappa shape index (κ3) is 3.60. The summed E-state index contributed by atoms with van der Waals surface area (Å²) in [5.74, 6) is 0. The average molecular weight is 289 g/mol. The Hall–Kier alpha value is -2.45. The monoisotopic (exact) mass is 289 g/mol. The molecule has 2 aromatic carbocycles. The van der Waals surface area contributed by atoms with Crippen LogP contribution >= 0.6 is 0 Å². The molecule has 22 heavy (non-hydrogen) atoms. The van der Waals surface area contributed by atoms with Gasteiger partial charge in [0.2, 0.25) is 0 Å². The molecular weight excluding hydrogens is 268 g/mol. The smallest absolute Gasteiger partial charge is 0.119 e. The van der Waals surface area contributed by atoms with Gasteiger partial charge in [0, 0.05) is 11.8 Å². The Bertz CT molecular complexity index is 691. The van der Waals surface area contributed by atoms with E-state index < -0.39 is 0 Å². The Morgan fingerprint density at radius 2 is 1.50 bits per heavy atom. The van der Waals surface area contributed by atoms with E-state index in [-0.39, 0.29) is 0 Å². The summed E-state index contributed by atoms with van der Waals surface area (Å²) in [4.78, 5) is 4.37. The highest BCUT2D eigenvalue weighted by molar-refractivity contribution is 5.63. The maximum atomic E-state index is 4.37. The molecule has 1 atom stereocenters. The molecule has 0 bridgehead atoms. The molecule has 0 aliphatic heterocycles. The maximum absolute atomic E-state index is 4.37. The highest BCUT2D eigenvalue weighted by Crippen LogP contribution is 2.20. The third-order valence-corrected chi connectivity index (χ3v) is 3.95. The van der Waals surface area contributed by atoms with Gasteiger partial charge in [0.25, 0.3) is 0 Å². The Morgan fingerprint density at radius 3 is 2.18 bits per heavy atom. The molecule has 3 aromatic rings. The van der Waals surface area contributed by atoms with Gasteiger partial charge in [-0.2, -0.15) is 0 Å². The van der Waals surface area contributed by atoms with Crippen molar-refractivity contribution in [3.8, 4) is 11.1 Å². The molecule has 0 aliphatic rings. The Labute approximate surface area is 131 Å². The summed E-state index contributed by atoms with van der Waals surface area (Å²) in [6.45, 7) is 3.14. The van der Waals surface area contributed by atoms with Crippen molar-refractivity contribution in [2.45, 2.75) is 19.5 Å². The average Bonchev–Trinajstić information content (AvgIpc) is 2.61. The van der Waals surface area contributed by atoms with Gasteiger partial charge in [-0.1, -0.05) is 60.7 Å². The standard InChI is InChI=1S/C20H20N2/c1-16(22-15-20-9-5-6-14-21-20)17-10-12-19(13-11-17)18-7-3-2-4-8-18/h2-14,16,22H,15H2,1H3/p+1/t16-/m1/s1. The highest BCUT2D eigenvalue weighted by Gasteiger charge is 2.09. The quantitative estimate of drug-likeness (QED) is 0.764. The van der Waals surface area contributed by atoms with Gasteiger partial charge in [-0.15, -0.1) is 0 Å². The van der Waals surface area contributed by atoms with Crippen LogP contribution in [0.25, 0.3) is 11.1 Å². The number of nitrogens with zero attached hydrogens (tertiary/aromatic N) is 1. The predicted molar refractivity (Wildman–Crippen MR) is 90.2 cm³/mol. The molecule has 110 valence electrons. The van der Waals surface area contributed by atoms with E-state index in [4.69, 9.17) is 0 Å². The molecule has 2 N–H and O–H groups in total. The van der Waals surface area contributed by atoms with Crippen LogP contribution in [0.15, 0.2) is 79.0 Å². The number of benzene rings is 2. The fourth-order valence-electron chi connectivity index (χ4n) is 2.56. The second-order valence-corrected chi connectivity index (χ2v) is 5.54. The maximum Gasteiger partial charge on any atom is 0.119 e. The lowest BCUT2D eigenvalue weighted by molar-refractivity contribution is -0.708. The number of hydrogen-bond donors (Lipinski definition) is 1. The van der Waals surface area contributed by atoms with E-state index >= 15 is 0 Å². The number of aromatic nitrogens is 1. The van der Waals surface area contributed by atoms with E-state index in [0.717, 1.165) is 12.2 Å². The zero-order valence-corrected chi connectivity index (χ0v) is 12.8. The lowest BCUT2D eigenvalue weighted by Crippen LogP contribution is -2.83. The molecule has 0 fully saturated rings. The van der Waals surface area contributed by atoms with Crippen molar-refractivity contribution in [1.82, 2.24) is 4.98 Å². The lowest BCUT2D eigenvalue weighted by Gasteiger charge is -2.11. The van der Waals surface area contributed by atoms with Crippen LogP contribution < -0.4 is 5.32 Å². The van der Waals surface area contributed by atoms with Crippen molar-refractivity contribution in [2.75, 3.05) is 0 Å². The Morgan fingerprint density at radius 1 is 0.818 bits per heavy atom. The van der Waals surface area contributed by atoms with Crippen molar-refractivity contribution in [3.63, 3.8) is 0 Å². The zero-order chi connectivity index (χ0) is 15.2. The molecule has 1 heterocycles. The van der Waals surface area contributed by atoms with E-state index in [9.17, 15) is 0 Å². The fourth-order valence-corrected chi connectivity index (χ4v) is 2.56.